The van der Waals surface area contributed by atoms with E-state index in [2.05, 4.69) is 44.9 Å². The van der Waals surface area contributed by atoms with Crippen LogP contribution in [-0.4, -0.2) is 62.9 Å². The molecule has 0 saturated heterocycles. The van der Waals surface area contributed by atoms with Gasteiger partial charge in [-0.1, -0.05) is 123 Å². The molecular weight excluding hydrogens is 628 g/mol. The number of hydrogen-bond acceptors (Lipinski definition) is 8. The van der Waals surface area contributed by atoms with Crippen molar-refractivity contribution in [3.05, 3.63) is 12.7 Å². The van der Waals surface area contributed by atoms with Gasteiger partial charge in [0.05, 0.1) is 6.61 Å². The Hall–Kier alpha value is -1.93. The van der Waals surface area contributed by atoms with Crippen LogP contribution in [0, 0.1) is 5.92 Å². The predicted octanol–water partition coefficient (Wildman–Crippen LogP) is 10.2. The summed E-state index contributed by atoms with van der Waals surface area (Å²) >= 11 is 0. The topological polar surface area (TPSA) is 103 Å². The van der Waals surface area contributed by atoms with Gasteiger partial charge in [-0.3, -0.25) is 14.4 Å². The zero-order valence-electron chi connectivity index (χ0n) is 33.2. The molecule has 0 heterocycles. The van der Waals surface area contributed by atoms with Gasteiger partial charge in [0.25, 0.3) is 0 Å². The lowest BCUT2D eigenvalue weighted by Gasteiger charge is -2.14. The lowest BCUT2D eigenvalue weighted by atomic mass is 10.0. The second-order valence-corrected chi connectivity index (χ2v) is 14.8. The highest BCUT2D eigenvalue weighted by molar-refractivity contribution is 5.69. The van der Waals surface area contributed by atoms with Gasteiger partial charge < -0.3 is 24.8 Å². The van der Waals surface area contributed by atoms with Crippen molar-refractivity contribution in [1.29, 1.82) is 0 Å². The Morgan fingerprint density at radius 3 is 1.16 bits per heavy atom. The molecule has 0 aromatic carbocycles. The van der Waals surface area contributed by atoms with Crippen LogP contribution in [0.2, 0.25) is 0 Å². The molecule has 2 atom stereocenters. The van der Waals surface area contributed by atoms with Gasteiger partial charge in [0.2, 0.25) is 0 Å². The van der Waals surface area contributed by atoms with Crippen LogP contribution < -0.4 is 10.6 Å². The third-order valence-corrected chi connectivity index (χ3v) is 9.25. The Morgan fingerprint density at radius 1 is 0.480 bits per heavy atom. The fourth-order valence-corrected chi connectivity index (χ4v) is 6.00. The molecule has 0 fully saturated rings. The molecule has 0 spiro atoms. The summed E-state index contributed by atoms with van der Waals surface area (Å²) in [7, 11) is 0. The maximum Gasteiger partial charge on any atom is 0.305 e. The third-order valence-electron chi connectivity index (χ3n) is 9.25. The molecule has 0 saturated carbocycles. The first-order valence-corrected chi connectivity index (χ1v) is 20.8. The number of carbonyl (C=O) groups excluding carboxylic acids is 3. The molecule has 2 unspecified atom stereocenters. The fourth-order valence-electron chi connectivity index (χ4n) is 6.00. The second kappa shape index (κ2) is 36.8. The molecule has 0 amide bonds. The second-order valence-electron chi connectivity index (χ2n) is 14.8. The van der Waals surface area contributed by atoms with Gasteiger partial charge in [0, 0.05) is 44.4 Å². The van der Waals surface area contributed by atoms with Crippen molar-refractivity contribution < 1.29 is 28.6 Å². The molecule has 2 N–H and O–H groups in total. The average Bonchev–Trinajstić information content (AvgIpc) is 3.08. The van der Waals surface area contributed by atoms with E-state index in [1.807, 2.05) is 0 Å². The summed E-state index contributed by atoms with van der Waals surface area (Å²) in [5.41, 5.74) is 0. The van der Waals surface area contributed by atoms with Crippen LogP contribution in [0.4, 0.5) is 0 Å². The molecular formula is C42H80N2O6. The SMILES string of the molecule is C=CCCOC(=O)CCCCCCCCC(C)NCCOC(=O)CCCCCCCCC(C)NCCOC(=O)CCCCCCCCC(C)C. The molecule has 0 aliphatic rings. The summed E-state index contributed by atoms with van der Waals surface area (Å²) in [6, 6.07) is 0.844. The predicted molar refractivity (Wildman–Crippen MR) is 208 cm³/mol. The van der Waals surface area contributed by atoms with Crippen molar-refractivity contribution in [2.75, 3.05) is 32.9 Å². The average molecular weight is 709 g/mol. The first-order chi connectivity index (χ1) is 24.2. The van der Waals surface area contributed by atoms with Crippen molar-refractivity contribution in [3.63, 3.8) is 0 Å². The van der Waals surface area contributed by atoms with Crippen molar-refractivity contribution in [2.24, 2.45) is 5.92 Å². The summed E-state index contributed by atoms with van der Waals surface area (Å²) in [4.78, 5) is 35.6. The van der Waals surface area contributed by atoms with E-state index in [1.54, 1.807) is 6.08 Å². The van der Waals surface area contributed by atoms with Gasteiger partial charge in [0.15, 0.2) is 0 Å². The van der Waals surface area contributed by atoms with Crippen LogP contribution in [0.15, 0.2) is 12.7 Å². The maximum absolute atomic E-state index is 12.1. The minimum atomic E-state index is -0.0952. The number of carbonyl (C=O) groups is 3. The van der Waals surface area contributed by atoms with Gasteiger partial charge in [-0.05, 0) is 58.3 Å². The van der Waals surface area contributed by atoms with E-state index in [0.29, 0.717) is 64.1 Å². The first kappa shape index (κ1) is 48.1. The number of ether oxygens (including phenoxy) is 3. The van der Waals surface area contributed by atoms with Crippen LogP contribution in [0.5, 0.6) is 0 Å². The summed E-state index contributed by atoms with van der Waals surface area (Å²) in [6.45, 7) is 15.3. The summed E-state index contributed by atoms with van der Waals surface area (Å²) in [5, 5.41) is 6.94. The standard InChI is InChI=1S/C42H80N2O6/c1-6-7-34-48-40(45)29-23-18-12-9-15-21-27-38(4)44-33-36-50-42(47)31-25-19-13-10-16-22-28-39(5)43-32-35-49-41(46)30-24-17-11-8-14-20-26-37(2)3/h6,37-39,43-44H,1,7-36H2,2-5H3. The summed E-state index contributed by atoms with van der Waals surface area (Å²) in [5.74, 6) is 0.562. The molecule has 50 heavy (non-hydrogen) atoms. The highest BCUT2D eigenvalue weighted by Gasteiger charge is 2.07. The maximum atomic E-state index is 12.1. The number of hydrogen-bond donors (Lipinski definition) is 2. The summed E-state index contributed by atoms with van der Waals surface area (Å²) < 4.78 is 15.9. The van der Waals surface area contributed by atoms with Crippen molar-refractivity contribution in [1.82, 2.24) is 10.6 Å². The number of nitrogens with one attached hydrogen (secondary N) is 2. The molecule has 8 nitrogen and oxygen atoms in total. The quantitative estimate of drug-likeness (QED) is 0.0283. The molecule has 0 aromatic heterocycles. The van der Waals surface area contributed by atoms with Crippen LogP contribution in [0.1, 0.15) is 188 Å². The third kappa shape index (κ3) is 37.3. The van der Waals surface area contributed by atoms with E-state index < -0.39 is 0 Å². The highest BCUT2D eigenvalue weighted by Crippen LogP contribution is 2.13. The minimum Gasteiger partial charge on any atom is -0.465 e. The van der Waals surface area contributed by atoms with Crippen LogP contribution in [-0.2, 0) is 28.6 Å². The van der Waals surface area contributed by atoms with Gasteiger partial charge in [-0.15, -0.1) is 6.58 Å². The Balaban J connectivity index is 3.44. The van der Waals surface area contributed by atoms with E-state index in [0.717, 1.165) is 76.7 Å². The van der Waals surface area contributed by atoms with Gasteiger partial charge in [-0.2, -0.15) is 0 Å². The van der Waals surface area contributed by atoms with Gasteiger partial charge in [-0.25, -0.2) is 0 Å². The molecule has 0 aliphatic heterocycles. The summed E-state index contributed by atoms with van der Waals surface area (Å²) in [6.07, 6.45) is 28.3. The van der Waals surface area contributed by atoms with Crippen molar-refractivity contribution in [3.8, 4) is 0 Å². The van der Waals surface area contributed by atoms with Crippen molar-refractivity contribution in [2.45, 2.75) is 200 Å². The minimum absolute atomic E-state index is 0.0610. The Labute approximate surface area is 308 Å². The monoisotopic (exact) mass is 709 g/mol. The molecule has 0 bridgehead atoms. The van der Waals surface area contributed by atoms with Gasteiger partial charge >= 0.3 is 17.9 Å². The van der Waals surface area contributed by atoms with Crippen molar-refractivity contribution >= 4 is 17.9 Å². The van der Waals surface area contributed by atoms with E-state index in [1.165, 1.54) is 70.6 Å². The molecule has 0 aromatic rings. The Morgan fingerprint density at radius 2 is 0.800 bits per heavy atom. The van der Waals surface area contributed by atoms with Crippen LogP contribution >= 0.6 is 0 Å². The zero-order chi connectivity index (χ0) is 36.9. The van der Waals surface area contributed by atoms with E-state index in [4.69, 9.17) is 14.2 Å². The normalized spacial score (nSPS) is 12.5. The van der Waals surface area contributed by atoms with Crippen LogP contribution in [0.3, 0.4) is 0 Å². The molecule has 8 heteroatoms. The lowest BCUT2D eigenvalue weighted by molar-refractivity contribution is -0.144. The van der Waals surface area contributed by atoms with Crippen LogP contribution in [0.25, 0.3) is 0 Å². The lowest BCUT2D eigenvalue weighted by Crippen LogP contribution is -2.30. The smallest absolute Gasteiger partial charge is 0.305 e. The van der Waals surface area contributed by atoms with E-state index in [9.17, 15) is 14.4 Å². The molecule has 0 radical (unpaired) electrons. The Bertz CT molecular complexity index is 805. The molecule has 0 rings (SSSR count). The molecule has 294 valence electrons. The highest BCUT2D eigenvalue weighted by atomic mass is 16.5. The first-order valence-electron chi connectivity index (χ1n) is 20.8. The zero-order valence-corrected chi connectivity index (χ0v) is 33.2. The van der Waals surface area contributed by atoms with Gasteiger partial charge in [0.1, 0.15) is 13.2 Å². The number of rotatable bonds is 38. The number of esters is 3. The fraction of sp³-hybridized carbons (Fsp3) is 0.881. The molecule has 0 aliphatic carbocycles. The number of unbranched alkanes of at least 4 members (excludes halogenated alkanes) is 15. The largest absolute Gasteiger partial charge is 0.465 e. The van der Waals surface area contributed by atoms with E-state index in [-0.39, 0.29) is 17.9 Å². The van der Waals surface area contributed by atoms with E-state index >= 15 is 0 Å². The Kier molecular flexibility index (Phi) is 35.4.